The van der Waals surface area contributed by atoms with E-state index >= 15 is 0 Å². The highest BCUT2D eigenvalue weighted by atomic mass is 16.5. The number of ether oxygens (including phenoxy) is 1. The lowest BCUT2D eigenvalue weighted by Crippen LogP contribution is -2.40. The molecule has 1 N–H and O–H groups in total. The third kappa shape index (κ3) is 3.81. The Kier molecular flexibility index (Phi) is 4.82. The third-order valence-corrected chi connectivity index (χ3v) is 4.82. The number of piperidine rings is 1. The molecule has 4 rings (SSSR count). The predicted octanol–water partition coefficient (Wildman–Crippen LogP) is 2.89. The quantitative estimate of drug-likeness (QED) is 0.768. The number of nitrogens with zero attached hydrogens (tertiary/aromatic N) is 4. The lowest BCUT2D eigenvalue weighted by molar-refractivity contribution is -0.120. The highest BCUT2D eigenvalue weighted by Crippen LogP contribution is 2.25. The third-order valence-electron chi connectivity index (χ3n) is 4.82. The van der Waals surface area contributed by atoms with Gasteiger partial charge in [0.25, 0.3) is 0 Å². The zero-order valence-corrected chi connectivity index (χ0v) is 15.1. The molecule has 1 atom stereocenters. The van der Waals surface area contributed by atoms with Crippen LogP contribution in [0, 0.1) is 5.92 Å². The Labute approximate surface area is 157 Å². The lowest BCUT2D eigenvalue weighted by Gasteiger charge is -2.33. The Morgan fingerprint density at radius 3 is 2.81 bits per heavy atom. The van der Waals surface area contributed by atoms with Crippen molar-refractivity contribution in [3.8, 4) is 5.75 Å². The second kappa shape index (κ2) is 7.57. The van der Waals surface area contributed by atoms with Gasteiger partial charge in [-0.1, -0.05) is 0 Å². The lowest BCUT2D eigenvalue weighted by atomic mass is 9.96. The van der Waals surface area contributed by atoms with Crippen molar-refractivity contribution in [2.75, 3.05) is 30.4 Å². The average molecular weight is 363 g/mol. The van der Waals surface area contributed by atoms with Crippen LogP contribution >= 0.6 is 0 Å². The fourth-order valence-corrected chi connectivity index (χ4v) is 3.36. The number of carbonyl (C=O) groups is 1. The molecule has 138 valence electrons. The summed E-state index contributed by atoms with van der Waals surface area (Å²) >= 11 is 0. The number of hydrogen-bond acceptors (Lipinski definition) is 6. The van der Waals surface area contributed by atoms with Gasteiger partial charge in [0.05, 0.1) is 24.9 Å². The van der Waals surface area contributed by atoms with Crippen molar-refractivity contribution in [1.29, 1.82) is 0 Å². The smallest absolute Gasteiger partial charge is 0.229 e. The number of amides is 1. The maximum Gasteiger partial charge on any atom is 0.229 e. The SMILES string of the molecule is COc1ccc(NC(=O)[C@H]2CCCN(c3cnc4nccnc4c3)C2)cc1. The van der Waals surface area contributed by atoms with E-state index in [4.69, 9.17) is 4.74 Å². The van der Waals surface area contributed by atoms with Gasteiger partial charge in [-0.15, -0.1) is 0 Å². The Morgan fingerprint density at radius 1 is 1.19 bits per heavy atom. The zero-order chi connectivity index (χ0) is 18.6. The van der Waals surface area contributed by atoms with Crippen LogP contribution < -0.4 is 15.0 Å². The number of aromatic nitrogens is 3. The molecule has 1 aromatic carbocycles. The van der Waals surface area contributed by atoms with E-state index in [1.54, 1.807) is 25.7 Å². The number of fused-ring (bicyclic) bond motifs is 1. The first-order valence-corrected chi connectivity index (χ1v) is 8.99. The van der Waals surface area contributed by atoms with E-state index < -0.39 is 0 Å². The zero-order valence-electron chi connectivity index (χ0n) is 15.1. The van der Waals surface area contributed by atoms with E-state index in [0.717, 1.165) is 42.0 Å². The van der Waals surface area contributed by atoms with Gasteiger partial charge in [0.1, 0.15) is 11.3 Å². The molecule has 7 nitrogen and oxygen atoms in total. The van der Waals surface area contributed by atoms with Crippen molar-refractivity contribution in [3.63, 3.8) is 0 Å². The summed E-state index contributed by atoms with van der Waals surface area (Å²) in [6.07, 6.45) is 6.93. The van der Waals surface area contributed by atoms with Crippen LogP contribution in [0.15, 0.2) is 48.9 Å². The van der Waals surface area contributed by atoms with E-state index in [-0.39, 0.29) is 11.8 Å². The number of benzene rings is 1. The van der Waals surface area contributed by atoms with Crippen LogP contribution in [0.5, 0.6) is 5.75 Å². The van der Waals surface area contributed by atoms with E-state index in [2.05, 4.69) is 25.2 Å². The topological polar surface area (TPSA) is 80.2 Å². The largest absolute Gasteiger partial charge is 0.497 e. The minimum atomic E-state index is -0.0709. The minimum Gasteiger partial charge on any atom is -0.497 e. The fourth-order valence-electron chi connectivity index (χ4n) is 3.36. The summed E-state index contributed by atoms with van der Waals surface area (Å²) in [5.74, 6) is 0.737. The van der Waals surface area contributed by atoms with Gasteiger partial charge < -0.3 is 15.0 Å². The van der Waals surface area contributed by atoms with E-state index in [1.165, 1.54) is 0 Å². The Hall–Kier alpha value is -3.22. The molecule has 27 heavy (non-hydrogen) atoms. The van der Waals surface area contributed by atoms with Crippen LogP contribution in [0.3, 0.4) is 0 Å². The molecular formula is C20H21N5O2. The maximum atomic E-state index is 12.7. The molecule has 0 aliphatic carbocycles. The van der Waals surface area contributed by atoms with Crippen molar-refractivity contribution < 1.29 is 9.53 Å². The number of carbonyl (C=O) groups excluding carboxylic acids is 1. The van der Waals surface area contributed by atoms with Gasteiger partial charge in [-0.25, -0.2) is 9.97 Å². The maximum absolute atomic E-state index is 12.7. The Bertz CT molecular complexity index is 945. The first kappa shape index (κ1) is 17.2. The molecule has 0 saturated carbocycles. The summed E-state index contributed by atoms with van der Waals surface area (Å²) in [4.78, 5) is 27.8. The molecule has 3 aromatic rings. The van der Waals surface area contributed by atoms with Crippen molar-refractivity contribution in [3.05, 3.63) is 48.9 Å². The molecule has 1 aliphatic heterocycles. The summed E-state index contributed by atoms with van der Waals surface area (Å²) in [7, 11) is 1.62. The van der Waals surface area contributed by atoms with Crippen LogP contribution in [0.2, 0.25) is 0 Å². The van der Waals surface area contributed by atoms with Crippen LogP contribution in [-0.2, 0) is 4.79 Å². The van der Waals surface area contributed by atoms with Crippen LogP contribution in [0.1, 0.15) is 12.8 Å². The minimum absolute atomic E-state index is 0.0402. The molecule has 0 radical (unpaired) electrons. The van der Waals surface area contributed by atoms with Gasteiger partial charge in [0.2, 0.25) is 5.91 Å². The number of anilines is 2. The first-order valence-electron chi connectivity index (χ1n) is 8.99. The molecule has 1 fully saturated rings. The summed E-state index contributed by atoms with van der Waals surface area (Å²) < 4.78 is 5.15. The van der Waals surface area contributed by atoms with Crippen LogP contribution in [-0.4, -0.2) is 41.1 Å². The number of rotatable bonds is 4. The Morgan fingerprint density at radius 2 is 2.00 bits per heavy atom. The summed E-state index contributed by atoms with van der Waals surface area (Å²) in [5, 5.41) is 3.01. The van der Waals surface area contributed by atoms with Gasteiger partial charge in [-0.05, 0) is 43.2 Å². The molecule has 3 heterocycles. The Balaban J connectivity index is 1.45. The molecule has 0 spiro atoms. The van der Waals surface area contributed by atoms with Gasteiger partial charge in [0.15, 0.2) is 5.65 Å². The molecule has 0 bridgehead atoms. The summed E-state index contributed by atoms with van der Waals surface area (Å²) in [5.41, 5.74) is 3.15. The molecule has 1 saturated heterocycles. The summed E-state index contributed by atoms with van der Waals surface area (Å²) in [6, 6.07) is 9.36. The fraction of sp³-hybridized carbons (Fsp3) is 0.300. The monoisotopic (exact) mass is 363 g/mol. The van der Waals surface area contributed by atoms with E-state index in [0.29, 0.717) is 12.2 Å². The standard InChI is InChI=1S/C20H21N5O2/c1-27-17-6-4-15(5-7-17)24-20(26)14-3-2-10-25(13-14)16-11-18-19(23-12-16)22-9-8-21-18/h4-9,11-12,14H,2-3,10,13H2,1H3,(H,24,26)/t14-/m0/s1. The molecule has 2 aromatic heterocycles. The molecule has 1 aliphatic rings. The van der Waals surface area contributed by atoms with Crippen LogP contribution in [0.4, 0.5) is 11.4 Å². The molecule has 7 heteroatoms. The van der Waals surface area contributed by atoms with Gasteiger partial charge >= 0.3 is 0 Å². The number of methoxy groups -OCH3 is 1. The van der Waals surface area contributed by atoms with Crippen molar-refractivity contribution in [2.45, 2.75) is 12.8 Å². The van der Waals surface area contributed by atoms with E-state index in [9.17, 15) is 4.79 Å². The van der Waals surface area contributed by atoms with Crippen molar-refractivity contribution in [2.24, 2.45) is 5.92 Å². The first-order chi connectivity index (χ1) is 13.2. The van der Waals surface area contributed by atoms with Crippen molar-refractivity contribution in [1.82, 2.24) is 15.0 Å². The van der Waals surface area contributed by atoms with E-state index in [1.807, 2.05) is 30.3 Å². The highest BCUT2D eigenvalue weighted by molar-refractivity contribution is 5.93. The van der Waals surface area contributed by atoms with Crippen molar-refractivity contribution >= 4 is 28.4 Å². The number of pyridine rings is 1. The second-order valence-corrected chi connectivity index (χ2v) is 6.60. The normalized spacial score (nSPS) is 16.9. The summed E-state index contributed by atoms with van der Waals surface area (Å²) in [6.45, 7) is 1.56. The second-order valence-electron chi connectivity index (χ2n) is 6.60. The molecule has 1 amide bonds. The van der Waals surface area contributed by atoms with Gasteiger partial charge in [0, 0.05) is 31.2 Å². The number of hydrogen-bond donors (Lipinski definition) is 1. The highest BCUT2D eigenvalue weighted by Gasteiger charge is 2.26. The molecule has 0 unspecified atom stereocenters. The van der Waals surface area contributed by atoms with Gasteiger partial charge in [-0.2, -0.15) is 0 Å². The predicted molar refractivity (Wildman–Crippen MR) is 104 cm³/mol. The van der Waals surface area contributed by atoms with Gasteiger partial charge in [-0.3, -0.25) is 9.78 Å². The molecular weight excluding hydrogens is 342 g/mol. The van der Waals surface area contributed by atoms with Crippen LogP contribution in [0.25, 0.3) is 11.2 Å². The average Bonchev–Trinajstić information content (AvgIpc) is 2.74. The number of nitrogens with one attached hydrogen (secondary N) is 1.